The summed E-state index contributed by atoms with van der Waals surface area (Å²) < 4.78 is 3.05. The molecule has 0 bridgehead atoms. The van der Waals surface area contributed by atoms with Crippen molar-refractivity contribution < 1.29 is 4.79 Å². The SMILES string of the molecule is Cc1ccc(C)c(-n2c(C)nnc2SCC(=O)Nc2nc3ccccc3s2)c1. The second-order valence-corrected chi connectivity index (χ2v) is 8.45. The zero-order valence-corrected chi connectivity index (χ0v) is 17.4. The second kappa shape index (κ2) is 7.73. The van der Waals surface area contributed by atoms with Gasteiger partial charge in [0.1, 0.15) is 5.82 Å². The predicted octanol–water partition coefficient (Wildman–Crippen LogP) is 4.53. The van der Waals surface area contributed by atoms with Crippen LogP contribution in [0.5, 0.6) is 0 Å². The number of nitrogens with one attached hydrogen (secondary N) is 1. The number of thioether (sulfide) groups is 1. The van der Waals surface area contributed by atoms with Gasteiger partial charge in [-0.3, -0.25) is 9.36 Å². The Morgan fingerprint density at radius 3 is 2.79 bits per heavy atom. The zero-order valence-electron chi connectivity index (χ0n) is 15.8. The third kappa shape index (κ3) is 3.79. The molecule has 2 heterocycles. The number of nitrogens with zero attached hydrogens (tertiary/aromatic N) is 4. The minimum Gasteiger partial charge on any atom is -0.301 e. The van der Waals surface area contributed by atoms with Crippen LogP contribution >= 0.6 is 23.1 Å². The molecule has 0 radical (unpaired) electrons. The molecule has 0 saturated heterocycles. The predicted molar refractivity (Wildman–Crippen MR) is 115 cm³/mol. The smallest absolute Gasteiger partial charge is 0.236 e. The van der Waals surface area contributed by atoms with Crippen molar-refractivity contribution in [1.82, 2.24) is 19.7 Å². The molecular weight excluding hydrogens is 390 g/mol. The van der Waals surface area contributed by atoms with Gasteiger partial charge in [-0.1, -0.05) is 47.4 Å². The summed E-state index contributed by atoms with van der Waals surface area (Å²) in [5.74, 6) is 0.916. The highest BCUT2D eigenvalue weighted by Crippen LogP contribution is 2.27. The van der Waals surface area contributed by atoms with Crippen LogP contribution in [0, 0.1) is 20.8 Å². The Bertz CT molecular complexity index is 1130. The molecule has 0 aliphatic heterocycles. The summed E-state index contributed by atoms with van der Waals surface area (Å²) in [6.45, 7) is 6.03. The van der Waals surface area contributed by atoms with Gasteiger partial charge in [-0.2, -0.15) is 0 Å². The van der Waals surface area contributed by atoms with Crippen LogP contribution in [-0.4, -0.2) is 31.4 Å². The quantitative estimate of drug-likeness (QED) is 0.490. The van der Waals surface area contributed by atoms with Gasteiger partial charge in [-0.25, -0.2) is 4.98 Å². The van der Waals surface area contributed by atoms with Crippen molar-refractivity contribution in [2.75, 3.05) is 11.1 Å². The number of thiazole rings is 1. The molecule has 1 N–H and O–H groups in total. The van der Waals surface area contributed by atoms with E-state index in [0.717, 1.165) is 27.3 Å². The van der Waals surface area contributed by atoms with Crippen LogP contribution in [-0.2, 0) is 4.79 Å². The normalized spacial score (nSPS) is 11.1. The number of aryl methyl sites for hydroxylation is 3. The summed E-state index contributed by atoms with van der Waals surface area (Å²) >= 11 is 2.84. The third-order valence-corrected chi connectivity index (χ3v) is 6.15. The first kappa shape index (κ1) is 18.6. The number of rotatable bonds is 5. The minimum atomic E-state index is -0.114. The number of para-hydroxylation sites is 1. The van der Waals surface area contributed by atoms with Gasteiger partial charge in [-0.15, -0.1) is 10.2 Å². The number of fused-ring (bicyclic) bond motifs is 1. The molecule has 2 aromatic heterocycles. The molecule has 28 heavy (non-hydrogen) atoms. The lowest BCUT2D eigenvalue weighted by Crippen LogP contribution is -2.14. The molecular formula is C20H19N5OS2. The Labute approximate surface area is 171 Å². The van der Waals surface area contributed by atoms with Gasteiger partial charge in [0, 0.05) is 0 Å². The molecule has 0 spiro atoms. The lowest BCUT2D eigenvalue weighted by Gasteiger charge is -2.12. The second-order valence-electron chi connectivity index (χ2n) is 6.48. The van der Waals surface area contributed by atoms with Crippen LogP contribution < -0.4 is 5.32 Å². The number of anilines is 1. The van der Waals surface area contributed by atoms with Crippen molar-refractivity contribution in [2.45, 2.75) is 25.9 Å². The van der Waals surface area contributed by atoms with Crippen molar-refractivity contribution in [1.29, 1.82) is 0 Å². The first-order chi connectivity index (χ1) is 13.5. The van der Waals surface area contributed by atoms with Gasteiger partial charge < -0.3 is 5.32 Å². The van der Waals surface area contributed by atoms with Gasteiger partial charge in [0.15, 0.2) is 10.3 Å². The van der Waals surface area contributed by atoms with E-state index in [4.69, 9.17) is 0 Å². The van der Waals surface area contributed by atoms with Gasteiger partial charge in [0.25, 0.3) is 0 Å². The van der Waals surface area contributed by atoms with E-state index in [0.29, 0.717) is 10.3 Å². The lowest BCUT2D eigenvalue weighted by molar-refractivity contribution is -0.113. The number of aromatic nitrogens is 4. The molecule has 0 fully saturated rings. The van der Waals surface area contributed by atoms with Gasteiger partial charge in [0.2, 0.25) is 5.91 Å². The Kier molecular flexibility index (Phi) is 5.15. The van der Waals surface area contributed by atoms with Crippen molar-refractivity contribution >= 4 is 44.4 Å². The van der Waals surface area contributed by atoms with Crippen LogP contribution in [0.2, 0.25) is 0 Å². The van der Waals surface area contributed by atoms with Crippen LogP contribution in [0.25, 0.3) is 15.9 Å². The Morgan fingerprint density at radius 2 is 1.96 bits per heavy atom. The summed E-state index contributed by atoms with van der Waals surface area (Å²) in [4.78, 5) is 16.9. The highest BCUT2D eigenvalue weighted by Gasteiger charge is 2.16. The van der Waals surface area contributed by atoms with E-state index in [-0.39, 0.29) is 11.7 Å². The largest absolute Gasteiger partial charge is 0.301 e. The van der Waals surface area contributed by atoms with Crippen molar-refractivity contribution in [3.05, 3.63) is 59.4 Å². The molecule has 6 nitrogen and oxygen atoms in total. The lowest BCUT2D eigenvalue weighted by atomic mass is 10.1. The highest BCUT2D eigenvalue weighted by molar-refractivity contribution is 7.99. The van der Waals surface area contributed by atoms with E-state index in [1.165, 1.54) is 28.7 Å². The Balaban J connectivity index is 1.49. The molecule has 142 valence electrons. The van der Waals surface area contributed by atoms with Crippen LogP contribution in [0.3, 0.4) is 0 Å². The zero-order chi connectivity index (χ0) is 19.7. The molecule has 0 unspecified atom stereocenters. The van der Waals surface area contributed by atoms with Gasteiger partial charge in [-0.05, 0) is 50.1 Å². The number of carbonyl (C=O) groups is 1. The van der Waals surface area contributed by atoms with E-state index in [1.54, 1.807) is 0 Å². The third-order valence-electron chi connectivity index (χ3n) is 4.27. The summed E-state index contributed by atoms with van der Waals surface area (Å²) in [7, 11) is 0. The van der Waals surface area contributed by atoms with E-state index in [9.17, 15) is 4.79 Å². The molecule has 0 aliphatic carbocycles. The summed E-state index contributed by atoms with van der Waals surface area (Å²) in [6.07, 6.45) is 0. The van der Waals surface area contributed by atoms with E-state index in [1.807, 2.05) is 35.8 Å². The number of benzene rings is 2. The number of amides is 1. The van der Waals surface area contributed by atoms with Crippen molar-refractivity contribution in [3.8, 4) is 5.69 Å². The van der Waals surface area contributed by atoms with E-state index >= 15 is 0 Å². The Morgan fingerprint density at radius 1 is 1.14 bits per heavy atom. The maximum atomic E-state index is 12.4. The van der Waals surface area contributed by atoms with Gasteiger partial charge in [0.05, 0.1) is 21.7 Å². The fraction of sp³-hybridized carbons (Fsp3) is 0.200. The standard InChI is InChI=1S/C20H19N5OS2/c1-12-8-9-13(2)16(10-12)25-14(3)23-24-20(25)27-11-18(26)22-19-21-15-6-4-5-7-17(15)28-19/h4-10H,11H2,1-3H3,(H,21,22,26). The fourth-order valence-electron chi connectivity index (χ4n) is 2.89. The van der Waals surface area contributed by atoms with Crippen molar-refractivity contribution in [3.63, 3.8) is 0 Å². The number of carbonyl (C=O) groups excluding carboxylic acids is 1. The van der Waals surface area contributed by atoms with Crippen LogP contribution in [0.1, 0.15) is 17.0 Å². The maximum absolute atomic E-state index is 12.4. The molecule has 2 aromatic carbocycles. The molecule has 0 saturated carbocycles. The van der Waals surface area contributed by atoms with Crippen LogP contribution in [0.15, 0.2) is 47.6 Å². The summed E-state index contributed by atoms with van der Waals surface area (Å²) in [5, 5.41) is 12.7. The molecule has 0 atom stereocenters. The van der Waals surface area contributed by atoms with Crippen LogP contribution in [0.4, 0.5) is 5.13 Å². The fourth-order valence-corrected chi connectivity index (χ4v) is 4.56. The Hall–Kier alpha value is -2.71. The monoisotopic (exact) mass is 409 g/mol. The summed E-state index contributed by atoms with van der Waals surface area (Å²) in [5.41, 5.74) is 4.23. The average molecular weight is 410 g/mol. The first-order valence-corrected chi connectivity index (χ1v) is 10.6. The molecule has 4 aromatic rings. The van der Waals surface area contributed by atoms with Crippen molar-refractivity contribution in [2.24, 2.45) is 0 Å². The number of hydrogen-bond acceptors (Lipinski definition) is 6. The minimum absolute atomic E-state index is 0.114. The molecule has 1 amide bonds. The van der Waals surface area contributed by atoms with E-state index < -0.39 is 0 Å². The molecule has 4 rings (SSSR count). The molecule has 8 heteroatoms. The maximum Gasteiger partial charge on any atom is 0.236 e. The average Bonchev–Trinajstić information content (AvgIpc) is 3.24. The summed E-state index contributed by atoms with van der Waals surface area (Å²) in [6, 6.07) is 14.1. The number of hydrogen-bond donors (Lipinski definition) is 1. The molecule has 0 aliphatic rings. The highest BCUT2D eigenvalue weighted by atomic mass is 32.2. The first-order valence-electron chi connectivity index (χ1n) is 8.79. The van der Waals surface area contributed by atoms with Gasteiger partial charge >= 0.3 is 0 Å². The van der Waals surface area contributed by atoms with E-state index in [2.05, 4.69) is 52.5 Å². The topological polar surface area (TPSA) is 72.7 Å².